The van der Waals surface area contributed by atoms with Crippen LogP contribution in [-0.4, -0.2) is 23.9 Å². The van der Waals surface area contributed by atoms with Crippen LogP contribution >= 0.6 is 34.8 Å². The van der Waals surface area contributed by atoms with Gasteiger partial charge >= 0.3 is 12.4 Å². The second kappa shape index (κ2) is 12.2. The largest absolute Gasteiger partial charge is 0.399 e. The van der Waals surface area contributed by atoms with Crippen LogP contribution in [0.2, 0.25) is 15.1 Å². The summed E-state index contributed by atoms with van der Waals surface area (Å²) in [6.45, 7) is 2.88. The van der Waals surface area contributed by atoms with Crippen molar-refractivity contribution in [1.29, 1.82) is 0 Å². The highest BCUT2D eigenvalue weighted by Gasteiger charge is 2.40. The lowest BCUT2D eigenvalue weighted by Gasteiger charge is -2.19. The predicted molar refractivity (Wildman–Crippen MR) is 129 cm³/mol. The maximum atomic E-state index is 14.9. The molecule has 0 spiro atoms. The maximum Gasteiger partial charge on any atom is 0.399 e. The fourth-order valence-corrected chi connectivity index (χ4v) is 4.30. The number of allylic oxidation sites excluding steroid dienone is 1. The van der Waals surface area contributed by atoms with Crippen LogP contribution in [-0.2, 0) is 4.79 Å². The molecule has 0 amide bonds. The molecule has 0 heterocycles. The lowest BCUT2D eigenvalue weighted by atomic mass is 9.91. The predicted octanol–water partition coefficient (Wildman–Crippen LogP) is 9.73. The van der Waals surface area contributed by atoms with Crippen molar-refractivity contribution in [3.63, 3.8) is 0 Å². The number of alkyl halides is 6. The zero-order valence-electron chi connectivity index (χ0n) is 19.3. The van der Waals surface area contributed by atoms with Gasteiger partial charge in [-0.05, 0) is 48.2 Å². The first kappa shape index (κ1) is 31.1. The second-order valence-electron chi connectivity index (χ2n) is 8.63. The summed E-state index contributed by atoms with van der Waals surface area (Å²) in [4.78, 5) is 24.1. The van der Waals surface area contributed by atoms with Crippen LogP contribution in [0.15, 0.2) is 36.4 Å². The fraction of sp³-hybridized carbons (Fsp3) is 0.360. The molecule has 0 bridgehead atoms. The molecule has 2 atom stereocenters. The van der Waals surface area contributed by atoms with E-state index < -0.39 is 60.0 Å². The molecule has 2 rings (SSSR count). The topological polar surface area (TPSA) is 34.1 Å². The molecule has 202 valence electrons. The van der Waals surface area contributed by atoms with Crippen molar-refractivity contribution in [3.05, 3.63) is 73.7 Å². The highest BCUT2D eigenvalue weighted by atomic mass is 35.5. The Morgan fingerprint density at radius 2 is 1.51 bits per heavy atom. The summed E-state index contributed by atoms with van der Waals surface area (Å²) in [6, 6.07) is 5.37. The number of hydrogen-bond acceptors (Lipinski definition) is 2. The zero-order valence-corrected chi connectivity index (χ0v) is 21.6. The van der Waals surface area contributed by atoms with Crippen molar-refractivity contribution in [2.45, 2.75) is 51.4 Å². The molecule has 0 radical (unpaired) electrons. The van der Waals surface area contributed by atoms with E-state index in [1.807, 2.05) is 0 Å². The maximum absolute atomic E-state index is 14.9. The molecule has 0 fully saturated rings. The van der Waals surface area contributed by atoms with E-state index in [0.29, 0.717) is 6.08 Å². The summed E-state index contributed by atoms with van der Waals surface area (Å²) in [5.74, 6) is -5.85. The van der Waals surface area contributed by atoms with E-state index in [0.717, 1.165) is 18.2 Å². The van der Waals surface area contributed by atoms with Gasteiger partial charge in [0.1, 0.15) is 23.9 Å². The van der Waals surface area contributed by atoms with Gasteiger partial charge in [0.05, 0.1) is 15.1 Å². The van der Waals surface area contributed by atoms with Crippen LogP contribution in [0.5, 0.6) is 0 Å². The Morgan fingerprint density at radius 3 is 2.00 bits per heavy atom. The lowest BCUT2D eigenvalue weighted by Crippen LogP contribution is -2.19. The average Bonchev–Trinajstić information content (AvgIpc) is 2.72. The minimum absolute atomic E-state index is 0.107. The quantitative estimate of drug-likeness (QED) is 0.165. The standard InChI is InChI=1S/C25H20Cl3F7O2/c1-12(5-16(36)11-24(30,31)32)6-22(37)17-4-3-14(7-13(17)2)21(29)10-18(25(33,34)35)15-8-19(26)23(28)20(27)9-15/h3-4,7-10,12,18H,5-6,11H2,1-2H3/b21-10-/t12-,18?/m1/s1. The minimum Gasteiger partial charge on any atom is -0.299 e. The minimum atomic E-state index is -4.90. The van der Waals surface area contributed by atoms with E-state index in [1.165, 1.54) is 26.0 Å². The third-order valence-corrected chi connectivity index (χ3v) is 6.54. The first-order chi connectivity index (χ1) is 16.9. The number of carbonyl (C=O) groups is 2. The van der Waals surface area contributed by atoms with Crippen LogP contribution in [0.4, 0.5) is 30.7 Å². The molecule has 0 N–H and O–H groups in total. The van der Waals surface area contributed by atoms with Crippen molar-refractivity contribution in [1.82, 2.24) is 0 Å². The van der Waals surface area contributed by atoms with Crippen LogP contribution in [0.1, 0.15) is 59.2 Å². The number of halogens is 10. The third-order valence-electron chi connectivity index (χ3n) is 5.34. The number of hydrogen-bond donors (Lipinski definition) is 0. The van der Waals surface area contributed by atoms with Crippen molar-refractivity contribution >= 4 is 52.2 Å². The Hall–Kier alpha value is -2.10. The Balaban J connectivity index is 2.26. The Morgan fingerprint density at radius 1 is 0.946 bits per heavy atom. The number of aryl methyl sites for hydroxylation is 1. The van der Waals surface area contributed by atoms with E-state index in [4.69, 9.17) is 34.8 Å². The summed E-state index contributed by atoms with van der Waals surface area (Å²) >= 11 is 17.4. The van der Waals surface area contributed by atoms with E-state index in [-0.39, 0.29) is 38.2 Å². The van der Waals surface area contributed by atoms with Crippen LogP contribution < -0.4 is 0 Å². The summed E-state index contributed by atoms with van der Waals surface area (Å²) in [7, 11) is 0. The number of Topliss-reactive ketones (excluding diaryl/α,β-unsaturated/α-hetero) is 2. The third kappa shape index (κ3) is 9.00. The van der Waals surface area contributed by atoms with Gasteiger partial charge in [-0.2, -0.15) is 26.3 Å². The molecule has 2 aromatic rings. The lowest BCUT2D eigenvalue weighted by molar-refractivity contribution is -0.152. The number of carbonyl (C=O) groups excluding carboxylic acids is 2. The van der Waals surface area contributed by atoms with Crippen LogP contribution in [0.25, 0.3) is 5.83 Å². The summed E-state index contributed by atoms with van der Waals surface area (Å²) < 4.78 is 93.1. The monoisotopic (exact) mass is 590 g/mol. The normalized spacial score (nSPS) is 14.4. The molecule has 37 heavy (non-hydrogen) atoms. The molecule has 2 aromatic carbocycles. The highest BCUT2D eigenvalue weighted by Crippen LogP contribution is 2.42. The van der Waals surface area contributed by atoms with Crippen molar-refractivity contribution < 1.29 is 40.3 Å². The van der Waals surface area contributed by atoms with Crippen molar-refractivity contribution in [2.24, 2.45) is 5.92 Å². The molecule has 2 nitrogen and oxygen atoms in total. The zero-order chi connectivity index (χ0) is 28.3. The molecule has 1 unspecified atom stereocenters. The van der Waals surface area contributed by atoms with Crippen molar-refractivity contribution in [2.75, 3.05) is 0 Å². The number of rotatable bonds is 9. The molecule has 0 aromatic heterocycles. The first-order valence-corrected chi connectivity index (χ1v) is 11.8. The van der Waals surface area contributed by atoms with Gasteiger partial charge in [0.15, 0.2) is 5.78 Å². The van der Waals surface area contributed by atoms with E-state index in [2.05, 4.69) is 0 Å². The van der Waals surface area contributed by atoms with Gasteiger partial charge < -0.3 is 0 Å². The fourth-order valence-electron chi connectivity index (χ4n) is 3.69. The summed E-state index contributed by atoms with van der Waals surface area (Å²) in [5.41, 5.74) is -0.321. The molecule has 0 saturated carbocycles. The van der Waals surface area contributed by atoms with Crippen molar-refractivity contribution in [3.8, 4) is 0 Å². The molecule has 0 aliphatic heterocycles. The van der Waals surface area contributed by atoms with E-state index >= 15 is 0 Å². The molecule has 0 aliphatic rings. The van der Waals surface area contributed by atoms with Crippen LogP contribution in [0.3, 0.4) is 0 Å². The Bertz CT molecular complexity index is 1180. The molecule has 12 heteroatoms. The van der Waals surface area contributed by atoms with E-state index in [1.54, 1.807) is 0 Å². The van der Waals surface area contributed by atoms with Gasteiger partial charge in [-0.15, -0.1) is 0 Å². The van der Waals surface area contributed by atoms with Gasteiger partial charge in [0, 0.05) is 24.0 Å². The van der Waals surface area contributed by atoms with Gasteiger partial charge in [-0.3, -0.25) is 9.59 Å². The number of benzene rings is 2. The average molecular weight is 592 g/mol. The Labute approximate surface area is 223 Å². The number of ketones is 2. The molecule has 0 aliphatic carbocycles. The first-order valence-electron chi connectivity index (χ1n) is 10.7. The highest BCUT2D eigenvalue weighted by molar-refractivity contribution is 6.48. The SMILES string of the molecule is Cc1cc(/C(F)=C/C(c2cc(Cl)c(Cl)c(Cl)c2)C(F)(F)F)ccc1C(=O)C[C@H](C)CC(=O)CC(F)(F)F. The summed E-state index contributed by atoms with van der Waals surface area (Å²) in [5, 5.41) is -0.618. The summed E-state index contributed by atoms with van der Waals surface area (Å²) in [6.07, 6.45) is -11.5. The van der Waals surface area contributed by atoms with E-state index in [9.17, 15) is 40.3 Å². The molecular weight excluding hydrogens is 572 g/mol. The van der Waals surface area contributed by atoms with Gasteiger partial charge in [0.25, 0.3) is 0 Å². The van der Waals surface area contributed by atoms with Gasteiger partial charge in [-0.1, -0.05) is 53.9 Å². The smallest absolute Gasteiger partial charge is 0.299 e. The second-order valence-corrected chi connectivity index (χ2v) is 9.82. The Kier molecular flexibility index (Phi) is 10.2. The van der Waals surface area contributed by atoms with Crippen LogP contribution in [0, 0.1) is 12.8 Å². The van der Waals surface area contributed by atoms with Gasteiger partial charge in [0.2, 0.25) is 0 Å². The molecule has 0 saturated heterocycles. The van der Waals surface area contributed by atoms with Gasteiger partial charge in [-0.25, -0.2) is 4.39 Å². The molecular formula is C25H20Cl3F7O2.